The summed E-state index contributed by atoms with van der Waals surface area (Å²) in [4.78, 5) is 10.9. The molecule has 22 heavy (non-hydrogen) atoms. The van der Waals surface area contributed by atoms with Crippen LogP contribution in [0.2, 0.25) is 0 Å². The van der Waals surface area contributed by atoms with Crippen LogP contribution in [-0.4, -0.2) is 38.0 Å². The van der Waals surface area contributed by atoms with Gasteiger partial charge in [0.05, 0.1) is 24.7 Å². The molecule has 0 saturated heterocycles. The summed E-state index contributed by atoms with van der Waals surface area (Å²) in [6.07, 6.45) is 3.33. The van der Waals surface area contributed by atoms with Gasteiger partial charge in [-0.2, -0.15) is 5.10 Å². The van der Waals surface area contributed by atoms with Crippen LogP contribution in [-0.2, 0) is 13.1 Å². The molecule has 0 amide bonds. The Hall–Kier alpha value is -2.47. The average molecular weight is 297 g/mol. The van der Waals surface area contributed by atoms with Gasteiger partial charge in [0, 0.05) is 13.1 Å². The molecule has 0 aliphatic heterocycles. The van der Waals surface area contributed by atoms with E-state index in [1.54, 1.807) is 17.2 Å². The number of anilines is 1. The van der Waals surface area contributed by atoms with Crippen molar-refractivity contribution in [1.29, 1.82) is 0 Å². The quantitative estimate of drug-likeness (QED) is 0.752. The first-order chi connectivity index (χ1) is 10.8. The third kappa shape index (κ3) is 2.78. The van der Waals surface area contributed by atoms with Crippen molar-refractivity contribution in [2.75, 3.05) is 18.1 Å². The molecule has 2 aromatic heterocycles. The molecule has 1 N–H and O–H groups in total. The minimum Gasteiger partial charge on any atom is -0.394 e. The van der Waals surface area contributed by atoms with Crippen molar-refractivity contribution >= 4 is 16.9 Å². The van der Waals surface area contributed by atoms with Gasteiger partial charge in [0.2, 0.25) is 0 Å². The second-order valence-electron chi connectivity index (χ2n) is 5.03. The Morgan fingerprint density at radius 1 is 1.18 bits per heavy atom. The summed E-state index contributed by atoms with van der Waals surface area (Å²) in [5, 5.41) is 14.3. The summed E-state index contributed by atoms with van der Waals surface area (Å²) in [6, 6.07) is 10.3. The van der Waals surface area contributed by atoms with Gasteiger partial charge in [-0.15, -0.1) is 0 Å². The van der Waals surface area contributed by atoms with E-state index in [1.807, 2.05) is 18.2 Å². The van der Waals surface area contributed by atoms with Crippen LogP contribution in [0.1, 0.15) is 12.5 Å². The number of benzene rings is 1. The number of nitrogens with zero attached hydrogens (tertiary/aromatic N) is 5. The van der Waals surface area contributed by atoms with Gasteiger partial charge in [-0.1, -0.05) is 30.3 Å². The molecule has 0 bridgehead atoms. The highest BCUT2D eigenvalue weighted by Crippen LogP contribution is 2.23. The van der Waals surface area contributed by atoms with Crippen molar-refractivity contribution in [3.63, 3.8) is 0 Å². The Kier molecular flexibility index (Phi) is 4.29. The summed E-state index contributed by atoms with van der Waals surface area (Å²) in [6.45, 7) is 4.21. The molecule has 0 spiro atoms. The van der Waals surface area contributed by atoms with Crippen LogP contribution < -0.4 is 4.90 Å². The van der Waals surface area contributed by atoms with E-state index in [0.29, 0.717) is 6.54 Å². The Morgan fingerprint density at radius 3 is 2.73 bits per heavy atom. The second kappa shape index (κ2) is 6.53. The van der Waals surface area contributed by atoms with Crippen molar-refractivity contribution in [3.8, 4) is 0 Å². The molecule has 0 fully saturated rings. The molecule has 3 aromatic rings. The molecule has 0 unspecified atom stereocenters. The topological polar surface area (TPSA) is 67.1 Å². The number of aliphatic hydroxyl groups excluding tert-OH is 1. The number of hydrogen-bond donors (Lipinski definition) is 1. The number of hydrogen-bond acceptors (Lipinski definition) is 5. The van der Waals surface area contributed by atoms with Crippen LogP contribution >= 0.6 is 0 Å². The fourth-order valence-corrected chi connectivity index (χ4v) is 2.53. The standard InChI is InChI=1S/C16H19N5O/c1-2-20(11-13-6-4-3-5-7-13)15-14-10-19-21(8-9-22)16(14)18-12-17-15/h3-7,10,12,22H,2,8-9,11H2,1H3. The van der Waals surface area contributed by atoms with E-state index in [2.05, 4.69) is 39.0 Å². The first kappa shape index (κ1) is 14.5. The lowest BCUT2D eigenvalue weighted by atomic mass is 10.2. The third-order valence-electron chi connectivity index (χ3n) is 3.62. The molecule has 0 aliphatic rings. The smallest absolute Gasteiger partial charge is 0.163 e. The largest absolute Gasteiger partial charge is 0.394 e. The Bertz CT molecular complexity index is 741. The van der Waals surface area contributed by atoms with Crippen LogP contribution in [0.5, 0.6) is 0 Å². The van der Waals surface area contributed by atoms with Crippen molar-refractivity contribution in [2.24, 2.45) is 0 Å². The molecule has 0 aliphatic carbocycles. The van der Waals surface area contributed by atoms with Gasteiger partial charge in [-0.3, -0.25) is 0 Å². The van der Waals surface area contributed by atoms with Gasteiger partial charge in [0.1, 0.15) is 12.1 Å². The van der Waals surface area contributed by atoms with Crippen molar-refractivity contribution in [1.82, 2.24) is 19.7 Å². The van der Waals surface area contributed by atoms with Crippen LogP contribution in [0, 0.1) is 0 Å². The molecular weight excluding hydrogens is 278 g/mol. The minimum atomic E-state index is 0.0393. The maximum Gasteiger partial charge on any atom is 0.163 e. The molecule has 0 atom stereocenters. The van der Waals surface area contributed by atoms with Gasteiger partial charge in [-0.05, 0) is 12.5 Å². The van der Waals surface area contributed by atoms with E-state index >= 15 is 0 Å². The minimum absolute atomic E-state index is 0.0393. The van der Waals surface area contributed by atoms with E-state index in [4.69, 9.17) is 5.11 Å². The highest BCUT2D eigenvalue weighted by molar-refractivity contribution is 5.86. The molecule has 3 rings (SSSR count). The van der Waals surface area contributed by atoms with Crippen molar-refractivity contribution < 1.29 is 5.11 Å². The van der Waals surface area contributed by atoms with Crippen molar-refractivity contribution in [2.45, 2.75) is 20.0 Å². The summed E-state index contributed by atoms with van der Waals surface area (Å²) in [7, 11) is 0. The van der Waals surface area contributed by atoms with E-state index in [1.165, 1.54) is 5.56 Å². The molecule has 0 saturated carbocycles. The van der Waals surface area contributed by atoms with Crippen molar-refractivity contribution in [3.05, 3.63) is 48.4 Å². The number of aliphatic hydroxyl groups is 1. The first-order valence-electron chi connectivity index (χ1n) is 7.39. The third-order valence-corrected chi connectivity index (χ3v) is 3.62. The molecule has 6 heteroatoms. The molecular formula is C16H19N5O. The molecule has 0 radical (unpaired) electrons. The molecule has 1 aromatic carbocycles. The summed E-state index contributed by atoms with van der Waals surface area (Å²) in [5.74, 6) is 0.876. The zero-order valence-electron chi connectivity index (χ0n) is 12.6. The molecule has 114 valence electrons. The van der Waals surface area contributed by atoms with E-state index < -0.39 is 0 Å². The number of fused-ring (bicyclic) bond motifs is 1. The monoisotopic (exact) mass is 297 g/mol. The number of rotatable bonds is 6. The first-order valence-corrected chi connectivity index (χ1v) is 7.39. The highest BCUT2D eigenvalue weighted by Gasteiger charge is 2.14. The Morgan fingerprint density at radius 2 is 2.00 bits per heavy atom. The van der Waals surface area contributed by atoms with E-state index in [0.717, 1.165) is 29.9 Å². The van der Waals surface area contributed by atoms with E-state index in [9.17, 15) is 0 Å². The SMILES string of the molecule is CCN(Cc1ccccc1)c1ncnc2c1cnn2CCO. The lowest BCUT2D eigenvalue weighted by Gasteiger charge is -2.22. The van der Waals surface area contributed by atoms with Gasteiger partial charge in [0.25, 0.3) is 0 Å². The zero-order valence-corrected chi connectivity index (χ0v) is 12.6. The second-order valence-corrected chi connectivity index (χ2v) is 5.03. The predicted molar refractivity (Wildman–Crippen MR) is 85.6 cm³/mol. The number of aromatic nitrogens is 4. The summed E-state index contributed by atoms with van der Waals surface area (Å²) in [5.41, 5.74) is 1.99. The van der Waals surface area contributed by atoms with E-state index in [-0.39, 0.29) is 6.61 Å². The van der Waals surface area contributed by atoms with Gasteiger partial charge >= 0.3 is 0 Å². The lowest BCUT2D eigenvalue weighted by molar-refractivity contribution is 0.271. The zero-order chi connectivity index (χ0) is 15.4. The van der Waals surface area contributed by atoms with Crippen LogP contribution in [0.4, 0.5) is 5.82 Å². The van der Waals surface area contributed by atoms with Gasteiger partial charge in [0.15, 0.2) is 5.65 Å². The highest BCUT2D eigenvalue weighted by atomic mass is 16.3. The average Bonchev–Trinajstić information content (AvgIpc) is 2.97. The molecule has 2 heterocycles. The maximum atomic E-state index is 9.10. The van der Waals surface area contributed by atoms with Gasteiger partial charge < -0.3 is 10.0 Å². The van der Waals surface area contributed by atoms with Crippen LogP contribution in [0.15, 0.2) is 42.9 Å². The Balaban J connectivity index is 1.96. The van der Waals surface area contributed by atoms with Crippen LogP contribution in [0.3, 0.4) is 0 Å². The van der Waals surface area contributed by atoms with Gasteiger partial charge in [-0.25, -0.2) is 14.6 Å². The summed E-state index contributed by atoms with van der Waals surface area (Å²) >= 11 is 0. The fourth-order valence-electron chi connectivity index (χ4n) is 2.53. The normalized spacial score (nSPS) is 11.0. The maximum absolute atomic E-state index is 9.10. The summed E-state index contributed by atoms with van der Waals surface area (Å²) < 4.78 is 1.71. The van der Waals surface area contributed by atoms with Crippen LogP contribution in [0.25, 0.3) is 11.0 Å². The predicted octanol–water partition coefficient (Wildman–Crippen LogP) is 1.85. The Labute approximate surface area is 129 Å². The molecule has 6 nitrogen and oxygen atoms in total. The lowest BCUT2D eigenvalue weighted by Crippen LogP contribution is -2.23. The fraction of sp³-hybridized carbons (Fsp3) is 0.312.